The first-order chi connectivity index (χ1) is 15.4. The van der Waals surface area contributed by atoms with Gasteiger partial charge in [-0.05, 0) is 61.9 Å². The molecule has 1 aromatic heterocycles. The number of aliphatic imine (C=N–C) groups is 1. The first kappa shape index (κ1) is 23.0. The summed E-state index contributed by atoms with van der Waals surface area (Å²) < 4.78 is 45.2. The number of halogens is 3. The van der Waals surface area contributed by atoms with E-state index in [0.717, 1.165) is 18.2 Å². The second kappa shape index (κ2) is 10.6. The fraction of sp³-hybridized carbons (Fsp3) is 0.227. The van der Waals surface area contributed by atoms with Crippen LogP contribution in [0.3, 0.4) is 0 Å². The molecule has 32 heavy (non-hydrogen) atoms. The zero-order chi connectivity index (χ0) is 23.1. The third-order valence-electron chi connectivity index (χ3n) is 4.31. The summed E-state index contributed by atoms with van der Waals surface area (Å²) >= 11 is 0. The lowest BCUT2D eigenvalue weighted by atomic mass is 10.1. The summed E-state index contributed by atoms with van der Waals surface area (Å²) in [7, 11) is 0. The molecule has 0 spiro atoms. The topological polar surface area (TPSA) is 91.4 Å². The van der Waals surface area contributed by atoms with Gasteiger partial charge in [-0.2, -0.15) is 5.10 Å². The molecule has 0 radical (unpaired) electrons. The highest BCUT2D eigenvalue weighted by molar-refractivity contribution is 6.09. The number of benzene rings is 2. The number of H-pyrrole nitrogens is 1. The van der Waals surface area contributed by atoms with Gasteiger partial charge in [0.05, 0.1) is 18.3 Å². The predicted octanol–water partition coefficient (Wildman–Crippen LogP) is 4.12. The molecule has 0 aliphatic carbocycles. The van der Waals surface area contributed by atoms with E-state index in [2.05, 4.69) is 25.8 Å². The van der Waals surface area contributed by atoms with Crippen LogP contribution in [0.5, 0.6) is 0 Å². The number of carbonyl (C=O) groups is 1. The monoisotopic (exact) mass is 445 g/mol. The minimum atomic E-state index is -1.13. The minimum absolute atomic E-state index is 0.0455. The van der Waals surface area contributed by atoms with Gasteiger partial charge in [0.1, 0.15) is 5.82 Å². The van der Waals surface area contributed by atoms with Crippen LogP contribution >= 0.6 is 0 Å². The quantitative estimate of drug-likeness (QED) is 0.377. The Morgan fingerprint density at radius 3 is 2.56 bits per heavy atom. The summed E-state index contributed by atoms with van der Waals surface area (Å²) in [6, 6.07) is 10.0. The SMILES string of the molecule is CCOC[C@H](C)N=C(NC(=O)c1ccc(F)c(F)c1)Nc1cc(-c2ccc(F)cc2)[nH]n1. The molecule has 0 fully saturated rings. The van der Waals surface area contributed by atoms with Crippen LogP contribution in [-0.2, 0) is 4.74 Å². The number of nitrogens with zero attached hydrogens (tertiary/aromatic N) is 2. The van der Waals surface area contributed by atoms with Crippen molar-refractivity contribution in [3.63, 3.8) is 0 Å². The number of carbonyl (C=O) groups excluding carboxylic acids is 1. The Labute approximate surface area is 182 Å². The number of rotatable bonds is 7. The highest BCUT2D eigenvalue weighted by Crippen LogP contribution is 2.20. The van der Waals surface area contributed by atoms with Crippen LogP contribution in [0.4, 0.5) is 19.0 Å². The van der Waals surface area contributed by atoms with E-state index < -0.39 is 17.5 Å². The molecule has 3 aromatic rings. The van der Waals surface area contributed by atoms with Gasteiger partial charge >= 0.3 is 0 Å². The number of amides is 1. The Morgan fingerprint density at radius 1 is 1.12 bits per heavy atom. The molecule has 0 aliphatic heterocycles. The first-order valence-corrected chi connectivity index (χ1v) is 9.86. The highest BCUT2D eigenvalue weighted by atomic mass is 19.2. The highest BCUT2D eigenvalue weighted by Gasteiger charge is 2.15. The van der Waals surface area contributed by atoms with E-state index in [1.807, 2.05) is 6.92 Å². The summed E-state index contributed by atoms with van der Waals surface area (Å²) in [5, 5.41) is 12.4. The van der Waals surface area contributed by atoms with Crippen LogP contribution in [0.25, 0.3) is 11.3 Å². The van der Waals surface area contributed by atoms with Gasteiger partial charge in [0.2, 0.25) is 5.96 Å². The average Bonchev–Trinajstić information content (AvgIpc) is 3.23. The maximum absolute atomic E-state index is 13.5. The smallest absolute Gasteiger partial charge is 0.258 e. The predicted molar refractivity (Wildman–Crippen MR) is 115 cm³/mol. The zero-order valence-electron chi connectivity index (χ0n) is 17.5. The Kier molecular flexibility index (Phi) is 7.61. The lowest BCUT2D eigenvalue weighted by molar-refractivity contribution is 0.0975. The number of guanidine groups is 1. The standard InChI is InChI=1S/C22H22F3N5O2/c1-3-32-12-13(2)26-22(28-21(31)15-6-9-17(24)18(25)10-15)27-20-11-19(29-30-20)14-4-7-16(23)8-5-14/h4-11,13H,3,12H2,1-2H3,(H3,26,27,28,29,30,31)/t13-/m0/s1. The van der Waals surface area contributed by atoms with Crippen LogP contribution in [0, 0.1) is 17.5 Å². The fourth-order valence-corrected chi connectivity index (χ4v) is 2.74. The maximum atomic E-state index is 13.5. The number of nitrogens with one attached hydrogen (secondary N) is 3. The van der Waals surface area contributed by atoms with Crippen molar-refractivity contribution in [2.24, 2.45) is 4.99 Å². The van der Waals surface area contributed by atoms with Gasteiger partial charge in [-0.1, -0.05) is 0 Å². The van der Waals surface area contributed by atoms with Crippen molar-refractivity contribution in [2.45, 2.75) is 19.9 Å². The maximum Gasteiger partial charge on any atom is 0.258 e. The molecular weight excluding hydrogens is 423 g/mol. The Balaban J connectivity index is 1.79. The second-order valence-electron chi connectivity index (χ2n) is 6.87. The molecular formula is C22H22F3N5O2. The van der Waals surface area contributed by atoms with Gasteiger partial charge in [-0.25, -0.2) is 18.2 Å². The average molecular weight is 445 g/mol. The van der Waals surface area contributed by atoms with Gasteiger partial charge in [0.25, 0.3) is 5.91 Å². The van der Waals surface area contributed by atoms with E-state index >= 15 is 0 Å². The van der Waals surface area contributed by atoms with Crippen molar-refractivity contribution in [2.75, 3.05) is 18.5 Å². The number of hydrogen-bond donors (Lipinski definition) is 3. The molecule has 3 N–H and O–H groups in total. The van der Waals surface area contributed by atoms with Crippen LogP contribution in [0.15, 0.2) is 53.5 Å². The molecule has 0 bridgehead atoms. The van der Waals surface area contributed by atoms with E-state index in [4.69, 9.17) is 4.74 Å². The largest absolute Gasteiger partial charge is 0.380 e. The van der Waals surface area contributed by atoms with Gasteiger partial charge in [-0.15, -0.1) is 0 Å². The van der Waals surface area contributed by atoms with Gasteiger partial charge < -0.3 is 10.1 Å². The van der Waals surface area contributed by atoms with E-state index in [0.29, 0.717) is 30.3 Å². The summed E-state index contributed by atoms with van der Waals surface area (Å²) in [6.07, 6.45) is 0. The van der Waals surface area contributed by atoms with Crippen LogP contribution in [0.2, 0.25) is 0 Å². The summed E-state index contributed by atoms with van der Waals surface area (Å²) in [5.74, 6) is -2.85. The first-order valence-electron chi connectivity index (χ1n) is 9.86. The Bertz CT molecular complexity index is 1100. The molecule has 7 nitrogen and oxygen atoms in total. The van der Waals surface area contributed by atoms with Crippen molar-refractivity contribution in [3.8, 4) is 11.3 Å². The molecule has 10 heteroatoms. The van der Waals surface area contributed by atoms with E-state index in [-0.39, 0.29) is 23.4 Å². The Morgan fingerprint density at radius 2 is 1.88 bits per heavy atom. The molecule has 0 unspecified atom stereocenters. The normalized spacial score (nSPS) is 12.5. The van der Waals surface area contributed by atoms with Crippen molar-refractivity contribution in [1.82, 2.24) is 15.5 Å². The number of aromatic amines is 1. The molecule has 3 rings (SSSR count). The van der Waals surface area contributed by atoms with Gasteiger partial charge in [0, 0.05) is 18.2 Å². The number of aromatic nitrogens is 2. The number of anilines is 1. The molecule has 0 saturated carbocycles. The molecule has 2 aromatic carbocycles. The van der Waals surface area contributed by atoms with Crippen LogP contribution < -0.4 is 10.6 Å². The lowest BCUT2D eigenvalue weighted by Crippen LogP contribution is -2.37. The molecule has 0 aliphatic rings. The number of ether oxygens (including phenoxy) is 1. The van der Waals surface area contributed by atoms with Gasteiger partial charge in [0.15, 0.2) is 17.5 Å². The van der Waals surface area contributed by atoms with Gasteiger partial charge in [-0.3, -0.25) is 15.2 Å². The zero-order valence-corrected chi connectivity index (χ0v) is 17.5. The summed E-state index contributed by atoms with van der Waals surface area (Å²) in [4.78, 5) is 16.9. The van der Waals surface area contributed by atoms with Crippen LogP contribution in [0.1, 0.15) is 24.2 Å². The van der Waals surface area contributed by atoms with Crippen molar-refractivity contribution >= 4 is 17.7 Å². The third kappa shape index (κ3) is 6.17. The minimum Gasteiger partial charge on any atom is -0.380 e. The van der Waals surface area contributed by atoms with Crippen molar-refractivity contribution in [1.29, 1.82) is 0 Å². The lowest BCUT2D eigenvalue weighted by Gasteiger charge is -2.13. The third-order valence-corrected chi connectivity index (χ3v) is 4.31. The van der Waals surface area contributed by atoms with E-state index in [1.54, 1.807) is 25.1 Å². The molecule has 1 heterocycles. The van der Waals surface area contributed by atoms with E-state index in [1.165, 1.54) is 12.1 Å². The molecule has 0 saturated heterocycles. The van der Waals surface area contributed by atoms with Crippen LogP contribution in [-0.4, -0.2) is 41.3 Å². The number of hydrogen-bond acceptors (Lipinski definition) is 4. The Hall–Kier alpha value is -3.66. The fourth-order valence-electron chi connectivity index (χ4n) is 2.74. The molecule has 1 amide bonds. The summed E-state index contributed by atoms with van der Waals surface area (Å²) in [5.41, 5.74) is 1.24. The second-order valence-corrected chi connectivity index (χ2v) is 6.87. The van der Waals surface area contributed by atoms with Crippen molar-refractivity contribution < 1.29 is 22.7 Å². The van der Waals surface area contributed by atoms with E-state index in [9.17, 15) is 18.0 Å². The van der Waals surface area contributed by atoms with Crippen molar-refractivity contribution in [3.05, 3.63) is 71.5 Å². The molecule has 168 valence electrons. The summed E-state index contributed by atoms with van der Waals surface area (Å²) in [6.45, 7) is 4.45. The molecule has 1 atom stereocenters.